The summed E-state index contributed by atoms with van der Waals surface area (Å²) in [4.78, 5) is 16.5. The van der Waals surface area contributed by atoms with Crippen molar-refractivity contribution in [2.75, 3.05) is 0 Å². The molecule has 0 amide bonds. The number of aryl methyl sites for hydroxylation is 1. The zero-order valence-electron chi connectivity index (χ0n) is 18.3. The monoisotopic (exact) mass is 503 g/mol. The highest BCUT2D eigenvalue weighted by Crippen LogP contribution is 2.35. The maximum Gasteiger partial charge on any atom is 0.417 e. The zero-order chi connectivity index (χ0) is 25.2. The standard InChI is InChI=1S/C25H18ClF4N3O2/c1-33-14-17(13-32-33)24-23(27)22(8-9-31-24)35-19-5-2-15(3-6-19)10-18(34)11-16-4-7-21(26)20(12-16)25(28,29)30/h2-9,12-14H,10-11H2,1H3. The van der Waals surface area contributed by atoms with E-state index in [1.807, 2.05) is 0 Å². The van der Waals surface area contributed by atoms with Crippen molar-refractivity contribution in [3.05, 3.63) is 94.7 Å². The maximum atomic E-state index is 14.9. The molecule has 0 radical (unpaired) electrons. The second kappa shape index (κ2) is 9.87. The Labute approximate surface area is 202 Å². The minimum absolute atomic E-state index is 0.0129. The fourth-order valence-electron chi connectivity index (χ4n) is 3.47. The minimum atomic E-state index is -4.60. The molecule has 10 heteroatoms. The molecule has 0 aliphatic heterocycles. The molecule has 2 heterocycles. The van der Waals surface area contributed by atoms with E-state index in [9.17, 15) is 22.4 Å². The predicted molar refractivity (Wildman–Crippen MR) is 122 cm³/mol. The van der Waals surface area contributed by atoms with Crippen molar-refractivity contribution < 1.29 is 27.1 Å². The molecule has 0 aliphatic rings. The molecule has 0 N–H and O–H groups in total. The minimum Gasteiger partial charge on any atom is -0.454 e. The van der Waals surface area contributed by atoms with E-state index < -0.39 is 22.6 Å². The molecule has 2 aromatic heterocycles. The number of pyridine rings is 1. The van der Waals surface area contributed by atoms with Gasteiger partial charge in [-0.1, -0.05) is 29.8 Å². The fourth-order valence-corrected chi connectivity index (χ4v) is 3.69. The number of ether oxygens (including phenoxy) is 1. The van der Waals surface area contributed by atoms with Crippen molar-refractivity contribution in [3.63, 3.8) is 0 Å². The van der Waals surface area contributed by atoms with Gasteiger partial charge in [-0.05, 0) is 35.4 Å². The Kier molecular flexibility index (Phi) is 6.88. The molecule has 5 nitrogen and oxygen atoms in total. The van der Waals surface area contributed by atoms with Crippen LogP contribution in [0.5, 0.6) is 11.5 Å². The average Bonchev–Trinajstić information content (AvgIpc) is 3.23. The first kappa shape index (κ1) is 24.4. The summed E-state index contributed by atoms with van der Waals surface area (Å²) < 4.78 is 61.2. The van der Waals surface area contributed by atoms with Gasteiger partial charge in [0.2, 0.25) is 0 Å². The van der Waals surface area contributed by atoms with Gasteiger partial charge in [0.1, 0.15) is 17.2 Å². The van der Waals surface area contributed by atoms with Crippen LogP contribution < -0.4 is 4.74 Å². The van der Waals surface area contributed by atoms with E-state index in [0.29, 0.717) is 16.9 Å². The average molecular weight is 504 g/mol. The summed E-state index contributed by atoms with van der Waals surface area (Å²) in [5, 5.41) is 3.60. The van der Waals surface area contributed by atoms with E-state index in [-0.39, 0.29) is 35.6 Å². The summed E-state index contributed by atoms with van der Waals surface area (Å²) >= 11 is 5.62. The van der Waals surface area contributed by atoms with Crippen LogP contribution in [-0.2, 0) is 30.9 Å². The SMILES string of the molecule is Cn1cc(-c2nccc(Oc3ccc(CC(=O)Cc4ccc(Cl)c(C(F)(F)F)c4)cc3)c2F)cn1. The summed E-state index contributed by atoms with van der Waals surface area (Å²) in [5.74, 6) is -0.585. The van der Waals surface area contributed by atoms with Gasteiger partial charge in [-0.25, -0.2) is 4.39 Å². The Hall–Kier alpha value is -3.72. The topological polar surface area (TPSA) is 57.0 Å². The normalized spacial score (nSPS) is 11.5. The number of nitrogens with zero attached hydrogens (tertiary/aromatic N) is 3. The Morgan fingerprint density at radius 2 is 1.74 bits per heavy atom. The third-order valence-corrected chi connectivity index (χ3v) is 5.45. The highest BCUT2D eigenvalue weighted by atomic mass is 35.5. The Morgan fingerprint density at radius 3 is 2.40 bits per heavy atom. The van der Waals surface area contributed by atoms with Gasteiger partial charge in [-0.15, -0.1) is 0 Å². The van der Waals surface area contributed by atoms with E-state index in [0.717, 1.165) is 12.1 Å². The lowest BCUT2D eigenvalue weighted by Gasteiger charge is -2.11. The van der Waals surface area contributed by atoms with E-state index in [1.165, 1.54) is 29.2 Å². The number of Topliss-reactive ketones (excluding diaryl/α,β-unsaturated/α-hetero) is 1. The Balaban J connectivity index is 1.42. The van der Waals surface area contributed by atoms with Gasteiger partial charge < -0.3 is 4.74 Å². The molecule has 0 fully saturated rings. The highest BCUT2D eigenvalue weighted by molar-refractivity contribution is 6.31. The fraction of sp³-hybridized carbons (Fsp3) is 0.160. The zero-order valence-corrected chi connectivity index (χ0v) is 19.1. The smallest absolute Gasteiger partial charge is 0.417 e. The molecule has 2 aromatic carbocycles. The first-order valence-corrected chi connectivity index (χ1v) is 10.8. The number of alkyl halides is 3. The van der Waals surface area contributed by atoms with Crippen LogP contribution in [0.15, 0.2) is 67.1 Å². The lowest BCUT2D eigenvalue weighted by atomic mass is 10.0. The van der Waals surface area contributed by atoms with Crippen LogP contribution in [0.4, 0.5) is 17.6 Å². The van der Waals surface area contributed by atoms with Crippen molar-refractivity contribution in [2.45, 2.75) is 19.0 Å². The molecule has 0 bridgehead atoms. The van der Waals surface area contributed by atoms with Crippen LogP contribution in [0.3, 0.4) is 0 Å². The van der Waals surface area contributed by atoms with Gasteiger partial charge in [0.15, 0.2) is 11.6 Å². The van der Waals surface area contributed by atoms with Gasteiger partial charge >= 0.3 is 6.18 Å². The first-order chi connectivity index (χ1) is 16.6. The summed E-state index contributed by atoms with van der Waals surface area (Å²) in [6, 6.07) is 11.3. The van der Waals surface area contributed by atoms with E-state index in [4.69, 9.17) is 16.3 Å². The van der Waals surface area contributed by atoms with Crippen LogP contribution in [0.25, 0.3) is 11.3 Å². The van der Waals surface area contributed by atoms with Crippen molar-refractivity contribution in [1.29, 1.82) is 0 Å². The summed E-state index contributed by atoms with van der Waals surface area (Å²) in [6.07, 6.45) is -0.200. The lowest BCUT2D eigenvalue weighted by Crippen LogP contribution is -2.10. The van der Waals surface area contributed by atoms with Crippen LogP contribution >= 0.6 is 11.6 Å². The van der Waals surface area contributed by atoms with Crippen LogP contribution in [-0.4, -0.2) is 20.5 Å². The molecule has 4 aromatic rings. The quantitative estimate of drug-likeness (QED) is 0.272. The molecule has 35 heavy (non-hydrogen) atoms. The number of carbonyl (C=O) groups is 1. The molecule has 0 saturated carbocycles. The van der Waals surface area contributed by atoms with Crippen molar-refractivity contribution in [1.82, 2.24) is 14.8 Å². The van der Waals surface area contributed by atoms with Gasteiger partial charge in [0.25, 0.3) is 0 Å². The van der Waals surface area contributed by atoms with Gasteiger partial charge in [-0.3, -0.25) is 14.5 Å². The molecular formula is C25H18ClF4N3O2. The van der Waals surface area contributed by atoms with Crippen LogP contribution in [0, 0.1) is 5.82 Å². The summed E-state index contributed by atoms with van der Waals surface area (Å²) in [5.41, 5.74) is 0.505. The molecule has 180 valence electrons. The van der Waals surface area contributed by atoms with Crippen molar-refractivity contribution >= 4 is 17.4 Å². The Morgan fingerprint density at radius 1 is 1.06 bits per heavy atom. The van der Waals surface area contributed by atoms with Gasteiger partial charge in [0, 0.05) is 43.9 Å². The summed E-state index contributed by atoms with van der Waals surface area (Å²) in [7, 11) is 1.71. The number of halogens is 5. The highest BCUT2D eigenvalue weighted by Gasteiger charge is 2.33. The second-order valence-corrected chi connectivity index (χ2v) is 8.23. The second-order valence-electron chi connectivity index (χ2n) is 7.82. The maximum absolute atomic E-state index is 14.9. The third kappa shape index (κ3) is 5.86. The van der Waals surface area contributed by atoms with Gasteiger partial charge in [-0.2, -0.15) is 18.3 Å². The third-order valence-electron chi connectivity index (χ3n) is 5.12. The van der Waals surface area contributed by atoms with Crippen molar-refractivity contribution in [2.24, 2.45) is 7.05 Å². The molecule has 0 atom stereocenters. The van der Waals surface area contributed by atoms with E-state index in [2.05, 4.69) is 10.1 Å². The van der Waals surface area contributed by atoms with E-state index >= 15 is 0 Å². The molecule has 0 unspecified atom stereocenters. The molecular weight excluding hydrogens is 486 g/mol. The number of carbonyl (C=O) groups excluding carboxylic acids is 1. The number of rotatable bonds is 7. The molecule has 0 spiro atoms. The molecule has 0 aliphatic carbocycles. The number of hydrogen-bond donors (Lipinski definition) is 0. The van der Waals surface area contributed by atoms with Crippen LogP contribution in [0.2, 0.25) is 5.02 Å². The number of benzene rings is 2. The lowest BCUT2D eigenvalue weighted by molar-refractivity contribution is -0.137. The van der Waals surface area contributed by atoms with E-state index in [1.54, 1.807) is 37.5 Å². The summed E-state index contributed by atoms with van der Waals surface area (Å²) in [6.45, 7) is 0. The Bertz CT molecular complexity index is 1370. The largest absolute Gasteiger partial charge is 0.454 e. The first-order valence-electron chi connectivity index (χ1n) is 10.4. The number of hydrogen-bond acceptors (Lipinski definition) is 4. The number of ketones is 1. The van der Waals surface area contributed by atoms with Gasteiger partial charge in [0.05, 0.1) is 16.8 Å². The number of aromatic nitrogens is 3. The molecule has 0 saturated heterocycles. The van der Waals surface area contributed by atoms with Crippen molar-refractivity contribution in [3.8, 4) is 22.8 Å². The predicted octanol–water partition coefficient (Wildman–Crippen LogP) is 6.44. The van der Waals surface area contributed by atoms with Crippen LogP contribution in [0.1, 0.15) is 16.7 Å². The molecule has 4 rings (SSSR count).